The maximum absolute atomic E-state index is 6.35. The minimum atomic E-state index is 0.768. The van der Waals surface area contributed by atoms with E-state index in [-0.39, 0.29) is 0 Å². The first-order valence-electron chi connectivity index (χ1n) is 21.2. The molecule has 4 aromatic heterocycles. The van der Waals surface area contributed by atoms with Crippen molar-refractivity contribution in [3.05, 3.63) is 212 Å². The predicted octanol–water partition coefficient (Wildman–Crippen LogP) is 16.8. The largest absolute Gasteiger partial charge is 0.456 e. The summed E-state index contributed by atoms with van der Waals surface area (Å²) in [6, 6.07) is 74.8. The van der Waals surface area contributed by atoms with Crippen molar-refractivity contribution in [3.8, 4) is 66.9 Å². The quantitative estimate of drug-likeness (QED) is 0.168. The van der Waals surface area contributed by atoms with Gasteiger partial charge in [0.25, 0.3) is 0 Å². The van der Waals surface area contributed by atoms with Crippen molar-refractivity contribution in [3.63, 3.8) is 0 Å². The van der Waals surface area contributed by atoms with Crippen LogP contribution in [0.15, 0.2) is 226 Å². The van der Waals surface area contributed by atoms with Crippen molar-refractivity contribution < 1.29 is 13.3 Å². The van der Waals surface area contributed by atoms with Crippen LogP contribution in [-0.2, 0) is 0 Å². The number of aromatic nitrogens is 1. The van der Waals surface area contributed by atoms with E-state index < -0.39 is 0 Å². The van der Waals surface area contributed by atoms with E-state index in [0.29, 0.717) is 0 Å². The molecule has 0 saturated carbocycles. The highest BCUT2D eigenvalue weighted by molar-refractivity contribution is 6.08. The summed E-state index contributed by atoms with van der Waals surface area (Å²) in [5, 5.41) is 5.51. The monoisotopic (exact) mass is 805 g/mol. The Labute approximate surface area is 361 Å². The lowest BCUT2D eigenvalue weighted by molar-refractivity contribution is 0.668. The number of hydrogen-bond acceptors (Lipinski definition) is 4. The molecule has 0 radical (unpaired) electrons. The molecule has 0 fully saturated rings. The molecular weight excluding hydrogens is 771 g/mol. The minimum Gasteiger partial charge on any atom is -0.456 e. The van der Waals surface area contributed by atoms with Gasteiger partial charge in [-0.25, -0.2) is 4.98 Å². The van der Waals surface area contributed by atoms with Crippen LogP contribution in [0, 0.1) is 0 Å². The van der Waals surface area contributed by atoms with Gasteiger partial charge >= 0.3 is 0 Å². The number of nitrogens with zero attached hydrogens (tertiary/aromatic N) is 1. The summed E-state index contributed by atoms with van der Waals surface area (Å²) in [7, 11) is 0. The standard InChI is InChI=1S/C59H35NO3/c1-3-19-53-47(17-1)49-33-43(21-25-55(49)61-53)39-12-5-9-36(29-39)37-10-6-14-41(30-37)45-23-27-57-51(35-45)59-58(63-57)28-24-52(60-59)46-16-8-15-42(32-46)38-11-7-13-40(31-38)44-22-26-56-50(34-44)48-18-2-4-20-54(48)62-56/h1-35H. The Balaban J connectivity index is 0.813. The Morgan fingerprint density at radius 1 is 0.222 bits per heavy atom. The Morgan fingerprint density at radius 3 is 1.03 bits per heavy atom. The predicted molar refractivity (Wildman–Crippen MR) is 259 cm³/mol. The van der Waals surface area contributed by atoms with Crippen LogP contribution in [-0.4, -0.2) is 4.98 Å². The zero-order valence-corrected chi connectivity index (χ0v) is 33.9. The molecule has 0 aliphatic heterocycles. The molecule has 9 aromatic carbocycles. The molecule has 0 saturated heterocycles. The molecule has 0 spiro atoms. The fourth-order valence-electron chi connectivity index (χ4n) is 9.29. The van der Waals surface area contributed by atoms with E-state index in [4.69, 9.17) is 18.2 Å². The van der Waals surface area contributed by atoms with Gasteiger partial charge in [0.1, 0.15) is 33.4 Å². The highest BCUT2D eigenvalue weighted by Gasteiger charge is 2.15. The fourth-order valence-corrected chi connectivity index (χ4v) is 9.29. The number of pyridine rings is 1. The molecule has 4 nitrogen and oxygen atoms in total. The van der Waals surface area contributed by atoms with Crippen molar-refractivity contribution >= 4 is 65.9 Å². The second kappa shape index (κ2) is 14.1. The molecule has 63 heavy (non-hydrogen) atoms. The molecule has 13 aromatic rings. The molecule has 294 valence electrons. The highest BCUT2D eigenvalue weighted by atomic mass is 16.3. The van der Waals surface area contributed by atoms with E-state index in [1.165, 1.54) is 0 Å². The van der Waals surface area contributed by atoms with Crippen LogP contribution in [0.2, 0.25) is 0 Å². The lowest BCUT2D eigenvalue weighted by atomic mass is 9.95. The lowest BCUT2D eigenvalue weighted by Gasteiger charge is -2.09. The third-order valence-corrected chi connectivity index (χ3v) is 12.5. The Hall–Kier alpha value is -8.47. The minimum absolute atomic E-state index is 0.768. The van der Waals surface area contributed by atoms with E-state index in [1.54, 1.807) is 0 Å². The molecular formula is C59H35NO3. The summed E-state index contributed by atoms with van der Waals surface area (Å²) in [6.07, 6.45) is 0. The zero-order chi connectivity index (χ0) is 41.4. The molecule has 13 rings (SSSR count). The van der Waals surface area contributed by atoms with Crippen molar-refractivity contribution in [2.24, 2.45) is 0 Å². The van der Waals surface area contributed by atoms with Crippen molar-refractivity contribution in [1.82, 2.24) is 4.98 Å². The van der Waals surface area contributed by atoms with E-state index in [1.807, 2.05) is 30.3 Å². The molecule has 0 unspecified atom stereocenters. The first-order valence-corrected chi connectivity index (χ1v) is 21.2. The fraction of sp³-hybridized carbons (Fsp3) is 0. The van der Waals surface area contributed by atoms with Crippen LogP contribution in [0.1, 0.15) is 0 Å². The average Bonchev–Trinajstić information content (AvgIpc) is 4.04. The van der Waals surface area contributed by atoms with Gasteiger partial charge in [0.15, 0.2) is 5.58 Å². The topological polar surface area (TPSA) is 52.3 Å². The van der Waals surface area contributed by atoms with Crippen molar-refractivity contribution in [1.29, 1.82) is 0 Å². The van der Waals surface area contributed by atoms with Gasteiger partial charge in [0.05, 0.1) is 5.69 Å². The van der Waals surface area contributed by atoms with Crippen LogP contribution in [0.25, 0.3) is 133 Å². The van der Waals surface area contributed by atoms with Crippen LogP contribution in [0.3, 0.4) is 0 Å². The van der Waals surface area contributed by atoms with Gasteiger partial charge in [0, 0.05) is 32.5 Å². The van der Waals surface area contributed by atoms with E-state index in [0.717, 1.165) is 133 Å². The van der Waals surface area contributed by atoms with Gasteiger partial charge in [-0.05, 0) is 141 Å². The lowest BCUT2D eigenvalue weighted by Crippen LogP contribution is -1.86. The maximum atomic E-state index is 6.35. The van der Waals surface area contributed by atoms with Crippen molar-refractivity contribution in [2.45, 2.75) is 0 Å². The number of fused-ring (bicyclic) bond motifs is 9. The van der Waals surface area contributed by atoms with Crippen LogP contribution < -0.4 is 0 Å². The molecule has 0 N–H and O–H groups in total. The van der Waals surface area contributed by atoms with Gasteiger partial charge in [-0.2, -0.15) is 0 Å². The summed E-state index contributed by atoms with van der Waals surface area (Å²) in [4.78, 5) is 5.24. The smallest absolute Gasteiger partial charge is 0.153 e. The molecule has 0 aliphatic rings. The van der Waals surface area contributed by atoms with E-state index in [9.17, 15) is 0 Å². The maximum Gasteiger partial charge on any atom is 0.153 e. The number of para-hydroxylation sites is 2. The average molecular weight is 806 g/mol. The first-order chi connectivity index (χ1) is 31.1. The number of rotatable bonds is 6. The highest BCUT2D eigenvalue weighted by Crippen LogP contribution is 2.38. The Bertz CT molecular complexity index is 3680. The molecule has 0 bridgehead atoms. The Morgan fingerprint density at radius 2 is 0.556 bits per heavy atom. The first kappa shape index (κ1) is 35.3. The third-order valence-electron chi connectivity index (χ3n) is 12.5. The van der Waals surface area contributed by atoms with Gasteiger partial charge in [-0.15, -0.1) is 0 Å². The second-order valence-electron chi connectivity index (χ2n) is 16.3. The van der Waals surface area contributed by atoms with Crippen LogP contribution in [0.5, 0.6) is 0 Å². The van der Waals surface area contributed by atoms with Gasteiger partial charge in [-0.1, -0.05) is 127 Å². The summed E-state index contributed by atoms with van der Waals surface area (Å²) < 4.78 is 18.5. The molecule has 4 heterocycles. The molecule has 0 aliphatic carbocycles. The summed E-state index contributed by atoms with van der Waals surface area (Å²) >= 11 is 0. The number of furan rings is 3. The van der Waals surface area contributed by atoms with Crippen LogP contribution >= 0.6 is 0 Å². The van der Waals surface area contributed by atoms with Crippen molar-refractivity contribution in [2.75, 3.05) is 0 Å². The van der Waals surface area contributed by atoms with Gasteiger partial charge in [0.2, 0.25) is 0 Å². The number of benzene rings is 9. The molecule has 0 atom stereocenters. The zero-order valence-electron chi connectivity index (χ0n) is 33.9. The SMILES string of the molecule is c1cc(-c2cccc(-c3ccc4oc5ccc(-c6cccc(-c7cccc(-c8ccc9oc%10ccccc%10c9c8)c7)c6)nc5c4c3)c2)cc(-c2ccc3oc4ccccc4c3c2)c1. The van der Waals surface area contributed by atoms with E-state index >= 15 is 0 Å². The van der Waals surface area contributed by atoms with E-state index in [2.05, 4.69) is 182 Å². The van der Waals surface area contributed by atoms with Gasteiger partial charge < -0.3 is 13.3 Å². The normalized spacial score (nSPS) is 11.8. The molecule has 4 heteroatoms. The Kier molecular flexibility index (Phi) is 7.87. The third kappa shape index (κ3) is 6.03. The van der Waals surface area contributed by atoms with Crippen LogP contribution in [0.4, 0.5) is 0 Å². The summed E-state index contributed by atoms with van der Waals surface area (Å²) in [5.74, 6) is 0. The molecule has 0 amide bonds. The summed E-state index contributed by atoms with van der Waals surface area (Å²) in [6.45, 7) is 0. The summed E-state index contributed by atoms with van der Waals surface area (Å²) in [5.41, 5.74) is 19.4. The second-order valence-corrected chi connectivity index (χ2v) is 16.3. The van der Waals surface area contributed by atoms with Gasteiger partial charge in [-0.3, -0.25) is 0 Å². The number of hydrogen-bond donors (Lipinski definition) is 0.